The predicted molar refractivity (Wildman–Crippen MR) is 88.5 cm³/mol. The highest BCUT2D eigenvalue weighted by atomic mass is 16.5. The Labute approximate surface area is 133 Å². The van der Waals surface area contributed by atoms with Crippen LogP contribution in [0, 0.1) is 0 Å². The Kier molecular flexibility index (Phi) is 6.21. The number of hydrogen-bond acceptors (Lipinski definition) is 4. The van der Waals surface area contributed by atoms with Crippen molar-refractivity contribution in [3.05, 3.63) is 29.8 Å². The van der Waals surface area contributed by atoms with Crippen LogP contribution in [-0.2, 0) is 0 Å². The van der Waals surface area contributed by atoms with Crippen LogP contribution in [0.1, 0.15) is 23.2 Å². The Balaban J connectivity index is 2.05. The molecule has 0 aromatic heterocycles. The molecule has 0 radical (unpaired) electrons. The van der Waals surface area contributed by atoms with Gasteiger partial charge in [0.1, 0.15) is 12.4 Å². The van der Waals surface area contributed by atoms with E-state index in [1.807, 2.05) is 50.3 Å². The third-order valence-corrected chi connectivity index (χ3v) is 4.03. The van der Waals surface area contributed by atoms with Crippen molar-refractivity contribution >= 4 is 5.91 Å². The van der Waals surface area contributed by atoms with Gasteiger partial charge < -0.3 is 19.9 Å². The fourth-order valence-electron chi connectivity index (χ4n) is 2.67. The van der Waals surface area contributed by atoms with Crippen molar-refractivity contribution in [2.24, 2.45) is 0 Å². The number of likely N-dealkylation sites (N-methyl/N-ethyl adjacent to an activating group) is 2. The van der Waals surface area contributed by atoms with Gasteiger partial charge in [0.05, 0.1) is 5.56 Å². The standard InChI is InChI=1S/C17H27N3O2/c1-18-14-7-6-10-20(13-14)17(21)15-8-4-5-9-16(15)22-12-11-19(2)3/h4-5,8-9,14,18H,6-7,10-13H2,1-3H3/t14-/m1/s1. The summed E-state index contributed by atoms with van der Waals surface area (Å²) in [5.74, 6) is 0.751. The maximum atomic E-state index is 12.8. The van der Waals surface area contributed by atoms with E-state index >= 15 is 0 Å². The van der Waals surface area contributed by atoms with Crippen LogP contribution >= 0.6 is 0 Å². The fraction of sp³-hybridized carbons (Fsp3) is 0.588. The van der Waals surface area contributed by atoms with Crippen LogP contribution in [0.5, 0.6) is 5.75 Å². The van der Waals surface area contributed by atoms with Gasteiger partial charge in [-0.2, -0.15) is 0 Å². The second-order valence-corrected chi connectivity index (χ2v) is 6.03. The van der Waals surface area contributed by atoms with Gasteiger partial charge in [-0.05, 0) is 46.1 Å². The zero-order valence-electron chi connectivity index (χ0n) is 13.8. The number of amides is 1. The summed E-state index contributed by atoms with van der Waals surface area (Å²) in [5, 5.41) is 3.27. The maximum absolute atomic E-state index is 12.8. The summed E-state index contributed by atoms with van der Waals surface area (Å²) in [7, 11) is 5.97. The second kappa shape index (κ2) is 8.15. The Bertz CT molecular complexity index is 491. The SMILES string of the molecule is CN[C@@H]1CCCN(C(=O)c2ccccc2OCCN(C)C)C1. The summed E-state index contributed by atoms with van der Waals surface area (Å²) in [6, 6.07) is 7.93. The molecule has 0 unspecified atom stereocenters. The summed E-state index contributed by atoms with van der Waals surface area (Å²) in [5.41, 5.74) is 0.665. The number of benzene rings is 1. The lowest BCUT2D eigenvalue weighted by molar-refractivity contribution is 0.0693. The highest BCUT2D eigenvalue weighted by Gasteiger charge is 2.25. The van der Waals surface area contributed by atoms with E-state index < -0.39 is 0 Å². The number of ether oxygens (including phenoxy) is 1. The molecule has 122 valence electrons. The number of likely N-dealkylation sites (tertiary alicyclic amines) is 1. The van der Waals surface area contributed by atoms with Crippen molar-refractivity contribution in [1.29, 1.82) is 0 Å². The lowest BCUT2D eigenvalue weighted by atomic mass is 10.0. The number of rotatable bonds is 6. The quantitative estimate of drug-likeness (QED) is 0.864. The van der Waals surface area contributed by atoms with Crippen molar-refractivity contribution in [2.45, 2.75) is 18.9 Å². The molecule has 0 aliphatic carbocycles. The first-order chi connectivity index (χ1) is 10.6. The number of nitrogens with zero attached hydrogens (tertiary/aromatic N) is 2. The zero-order valence-corrected chi connectivity index (χ0v) is 13.8. The molecular weight excluding hydrogens is 278 g/mol. The molecule has 22 heavy (non-hydrogen) atoms. The third-order valence-electron chi connectivity index (χ3n) is 4.03. The lowest BCUT2D eigenvalue weighted by Crippen LogP contribution is -2.47. The van der Waals surface area contributed by atoms with Crippen molar-refractivity contribution < 1.29 is 9.53 Å². The molecule has 1 aliphatic heterocycles. The Morgan fingerprint density at radius 3 is 2.91 bits per heavy atom. The molecule has 1 aliphatic rings. The molecule has 0 saturated carbocycles. The Hall–Kier alpha value is -1.59. The smallest absolute Gasteiger partial charge is 0.257 e. The molecule has 2 rings (SSSR count). The van der Waals surface area contributed by atoms with Gasteiger partial charge in [-0.3, -0.25) is 4.79 Å². The van der Waals surface area contributed by atoms with Crippen LogP contribution in [0.4, 0.5) is 0 Å². The largest absolute Gasteiger partial charge is 0.491 e. The number of carbonyl (C=O) groups excluding carboxylic acids is 1. The number of hydrogen-bond donors (Lipinski definition) is 1. The van der Waals surface area contributed by atoms with Crippen LogP contribution in [0.2, 0.25) is 0 Å². The average molecular weight is 305 g/mol. The van der Waals surface area contributed by atoms with Gasteiger partial charge >= 0.3 is 0 Å². The van der Waals surface area contributed by atoms with E-state index in [1.165, 1.54) is 0 Å². The number of para-hydroxylation sites is 1. The molecule has 1 saturated heterocycles. The number of carbonyl (C=O) groups is 1. The van der Waals surface area contributed by atoms with E-state index in [-0.39, 0.29) is 5.91 Å². The van der Waals surface area contributed by atoms with Crippen LogP contribution in [-0.4, -0.2) is 69.1 Å². The van der Waals surface area contributed by atoms with Gasteiger partial charge in [0.15, 0.2) is 0 Å². The molecule has 1 fully saturated rings. The second-order valence-electron chi connectivity index (χ2n) is 6.03. The number of piperidine rings is 1. The first kappa shape index (κ1) is 16.8. The van der Waals surface area contributed by atoms with Gasteiger partial charge in [-0.15, -0.1) is 0 Å². The minimum atomic E-state index is 0.0698. The Morgan fingerprint density at radius 1 is 1.41 bits per heavy atom. The molecule has 1 atom stereocenters. The Morgan fingerprint density at radius 2 is 2.18 bits per heavy atom. The first-order valence-corrected chi connectivity index (χ1v) is 7.95. The summed E-state index contributed by atoms with van der Waals surface area (Å²) < 4.78 is 5.81. The van der Waals surface area contributed by atoms with E-state index in [2.05, 4.69) is 10.2 Å². The van der Waals surface area contributed by atoms with Gasteiger partial charge in [0.2, 0.25) is 0 Å². The molecule has 1 aromatic carbocycles. The predicted octanol–water partition coefficient (Wildman–Crippen LogP) is 1.45. The highest BCUT2D eigenvalue weighted by molar-refractivity contribution is 5.97. The summed E-state index contributed by atoms with van der Waals surface area (Å²) in [4.78, 5) is 16.8. The van der Waals surface area contributed by atoms with E-state index in [1.54, 1.807) is 0 Å². The highest BCUT2D eigenvalue weighted by Crippen LogP contribution is 2.22. The summed E-state index contributed by atoms with van der Waals surface area (Å²) >= 11 is 0. The summed E-state index contributed by atoms with van der Waals surface area (Å²) in [6.07, 6.45) is 2.17. The third kappa shape index (κ3) is 4.45. The van der Waals surface area contributed by atoms with Crippen LogP contribution < -0.4 is 10.1 Å². The normalized spacial score (nSPS) is 18.5. The van der Waals surface area contributed by atoms with Gasteiger partial charge in [-0.1, -0.05) is 12.1 Å². The minimum absolute atomic E-state index is 0.0698. The molecule has 5 heteroatoms. The molecule has 1 amide bonds. The maximum Gasteiger partial charge on any atom is 0.257 e. The number of nitrogens with one attached hydrogen (secondary N) is 1. The molecule has 0 spiro atoms. The summed E-state index contributed by atoms with van der Waals surface area (Å²) in [6.45, 7) is 2.99. The van der Waals surface area contributed by atoms with Crippen molar-refractivity contribution in [1.82, 2.24) is 15.1 Å². The topological polar surface area (TPSA) is 44.8 Å². The lowest BCUT2D eigenvalue weighted by Gasteiger charge is -2.33. The van der Waals surface area contributed by atoms with Gasteiger partial charge in [0, 0.05) is 25.7 Å². The van der Waals surface area contributed by atoms with Gasteiger partial charge in [-0.25, -0.2) is 0 Å². The average Bonchev–Trinajstić information content (AvgIpc) is 2.54. The molecule has 0 bridgehead atoms. The van der Waals surface area contributed by atoms with Crippen molar-refractivity contribution in [3.63, 3.8) is 0 Å². The molecule has 1 heterocycles. The van der Waals surface area contributed by atoms with E-state index in [0.717, 1.165) is 32.5 Å². The van der Waals surface area contributed by atoms with E-state index in [4.69, 9.17) is 4.74 Å². The monoisotopic (exact) mass is 305 g/mol. The molecule has 1 N–H and O–H groups in total. The van der Waals surface area contributed by atoms with E-state index in [9.17, 15) is 4.79 Å². The fourth-order valence-corrected chi connectivity index (χ4v) is 2.67. The van der Waals surface area contributed by atoms with Crippen LogP contribution in [0.15, 0.2) is 24.3 Å². The van der Waals surface area contributed by atoms with Crippen LogP contribution in [0.3, 0.4) is 0 Å². The van der Waals surface area contributed by atoms with Crippen LogP contribution in [0.25, 0.3) is 0 Å². The zero-order chi connectivity index (χ0) is 15.9. The molecule has 1 aromatic rings. The van der Waals surface area contributed by atoms with Crippen molar-refractivity contribution in [3.8, 4) is 5.75 Å². The van der Waals surface area contributed by atoms with Crippen molar-refractivity contribution in [2.75, 3.05) is 47.4 Å². The molecular formula is C17H27N3O2. The van der Waals surface area contributed by atoms with Gasteiger partial charge in [0.25, 0.3) is 5.91 Å². The molecule has 5 nitrogen and oxygen atoms in total. The first-order valence-electron chi connectivity index (χ1n) is 7.95. The van der Waals surface area contributed by atoms with E-state index in [0.29, 0.717) is 24.0 Å². The minimum Gasteiger partial charge on any atom is -0.491 e.